The molecule has 4 heteroatoms. The predicted molar refractivity (Wildman–Crippen MR) is 103 cm³/mol. The van der Waals surface area contributed by atoms with E-state index in [0.717, 1.165) is 24.1 Å². The van der Waals surface area contributed by atoms with Crippen LogP contribution < -0.4 is 0 Å². The Balaban J connectivity index is 1.69. The van der Waals surface area contributed by atoms with E-state index in [2.05, 4.69) is 0 Å². The van der Waals surface area contributed by atoms with Crippen LogP contribution >= 0.6 is 0 Å². The SMILES string of the molecule is CC(C)N(Cc1ccccc1)C(=O)c1ccc(CN2CCCC2=O)cc1. The third kappa shape index (κ3) is 4.31. The van der Waals surface area contributed by atoms with Gasteiger partial charge in [-0.15, -0.1) is 0 Å². The Hall–Kier alpha value is -2.62. The van der Waals surface area contributed by atoms with Gasteiger partial charge in [-0.05, 0) is 43.5 Å². The van der Waals surface area contributed by atoms with Crippen molar-refractivity contribution in [1.82, 2.24) is 9.80 Å². The lowest BCUT2D eigenvalue weighted by Gasteiger charge is -2.27. The maximum Gasteiger partial charge on any atom is 0.254 e. The maximum absolute atomic E-state index is 13.0. The van der Waals surface area contributed by atoms with Crippen LogP contribution in [-0.2, 0) is 17.9 Å². The number of rotatable bonds is 6. The van der Waals surface area contributed by atoms with Crippen molar-refractivity contribution in [3.05, 3.63) is 71.3 Å². The Bertz CT molecular complexity index is 753. The van der Waals surface area contributed by atoms with Gasteiger partial charge in [-0.1, -0.05) is 42.5 Å². The first-order chi connectivity index (χ1) is 12.5. The lowest BCUT2D eigenvalue weighted by molar-refractivity contribution is -0.128. The molecule has 2 amide bonds. The van der Waals surface area contributed by atoms with E-state index in [1.807, 2.05) is 78.2 Å². The molecule has 4 nitrogen and oxygen atoms in total. The van der Waals surface area contributed by atoms with E-state index in [4.69, 9.17) is 0 Å². The fourth-order valence-corrected chi connectivity index (χ4v) is 3.28. The van der Waals surface area contributed by atoms with E-state index >= 15 is 0 Å². The molecule has 0 atom stereocenters. The Morgan fingerprint density at radius 3 is 2.31 bits per heavy atom. The van der Waals surface area contributed by atoms with Crippen molar-refractivity contribution in [2.45, 2.75) is 45.8 Å². The molecule has 0 aromatic heterocycles. The summed E-state index contributed by atoms with van der Waals surface area (Å²) >= 11 is 0. The smallest absolute Gasteiger partial charge is 0.254 e. The molecule has 1 saturated heterocycles. The minimum absolute atomic E-state index is 0.0349. The zero-order valence-electron chi connectivity index (χ0n) is 15.5. The maximum atomic E-state index is 13.0. The monoisotopic (exact) mass is 350 g/mol. The van der Waals surface area contributed by atoms with Gasteiger partial charge in [0, 0.05) is 37.7 Å². The quantitative estimate of drug-likeness (QED) is 0.794. The number of hydrogen-bond acceptors (Lipinski definition) is 2. The molecule has 3 rings (SSSR count). The molecule has 1 fully saturated rings. The van der Waals surface area contributed by atoms with Gasteiger partial charge in [0.15, 0.2) is 0 Å². The van der Waals surface area contributed by atoms with Crippen molar-refractivity contribution in [3.8, 4) is 0 Å². The summed E-state index contributed by atoms with van der Waals surface area (Å²) in [6.45, 7) is 6.13. The zero-order valence-corrected chi connectivity index (χ0v) is 15.5. The normalized spacial score (nSPS) is 14.1. The van der Waals surface area contributed by atoms with Gasteiger partial charge < -0.3 is 9.80 Å². The predicted octanol–water partition coefficient (Wildman–Crippen LogP) is 3.86. The van der Waals surface area contributed by atoms with Crippen LogP contribution in [0.25, 0.3) is 0 Å². The molecular formula is C22H26N2O2. The summed E-state index contributed by atoms with van der Waals surface area (Å²) in [4.78, 5) is 28.5. The minimum atomic E-state index is 0.0349. The van der Waals surface area contributed by atoms with E-state index < -0.39 is 0 Å². The highest BCUT2D eigenvalue weighted by atomic mass is 16.2. The fraction of sp³-hybridized carbons (Fsp3) is 0.364. The van der Waals surface area contributed by atoms with Gasteiger partial charge in [0.2, 0.25) is 5.91 Å². The van der Waals surface area contributed by atoms with E-state index in [9.17, 15) is 9.59 Å². The fourth-order valence-electron chi connectivity index (χ4n) is 3.28. The number of carbonyl (C=O) groups excluding carboxylic acids is 2. The van der Waals surface area contributed by atoms with Crippen molar-refractivity contribution >= 4 is 11.8 Å². The van der Waals surface area contributed by atoms with Gasteiger partial charge in [0.1, 0.15) is 0 Å². The van der Waals surface area contributed by atoms with Crippen molar-refractivity contribution in [2.24, 2.45) is 0 Å². The van der Waals surface area contributed by atoms with Gasteiger partial charge in [-0.2, -0.15) is 0 Å². The first kappa shape index (κ1) is 18.2. The standard InChI is InChI=1S/C22H26N2O2/c1-17(2)24(16-18-7-4-3-5-8-18)22(26)20-12-10-19(11-13-20)15-23-14-6-9-21(23)25/h3-5,7-8,10-13,17H,6,9,14-16H2,1-2H3. The largest absolute Gasteiger partial charge is 0.338 e. The third-order valence-electron chi connectivity index (χ3n) is 4.83. The number of hydrogen-bond donors (Lipinski definition) is 0. The number of nitrogens with zero attached hydrogens (tertiary/aromatic N) is 2. The van der Waals surface area contributed by atoms with Crippen LogP contribution in [0.5, 0.6) is 0 Å². The number of likely N-dealkylation sites (tertiary alicyclic amines) is 1. The first-order valence-corrected chi connectivity index (χ1v) is 9.26. The van der Waals surface area contributed by atoms with Crippen molar-refractivity contribution in [1.29, 1.82) is 0 Å². The molecule has 0 spiro atoms. The first-order valence-electron chi connectivity index (χ1n) is 9.26. The highest BCUT2D eigenvalue weighted by molar-refractivity contribution is 5.94. The molecule has 26 heavy (non-hydrogen) atoms. The molecule has 1 aliphatic rings. The van der Waals surface area contributed by atoms with Gasteiger partial charge in [-0.25, -0.2) is 0 Å². The molecule has 0 aliphatic carbocycles. The topological polar surface area (TPSA) is 40.6 Å². The molecule has 0 bridgehead atoms. The van der Waals surface area contributed by atoms with Crippen LogP contribution in [-0.4, -0.2) is 34.2 Å². The average molecular weight is 350 g/mol. The Labute approximate surface area is 155 Å². The molecule has 0 saturated carbocycles. The summed E-state index contributed by atoms with van der Waals surface area (Å²) in [5.41, 5.74) is 2.88. The molecule has 136 valence electrons. The summed E-state index contributed by atoms with van der Waals surface area (Å²) in [5.74, 6) is 0.256. The molecule has 1 aliphatic heterocycles. The van der Waals surface area contributed by atoms with Crippen LogP contribution in [0.15, 0.2) is 54.6 Å². The molecular weight excluding hydrogens is 324 g/mol. The number of carbonyl (C=O) groups is 2. The Morgan fingerprint density at radius 2 is 1.73 bits per heavy atom. The lowest BCUT2D eigenvalue weighted by atomic mass is 10.1. The van der Waals surface area contributed by atoms with Crippen molar-refractivity contribution in [3.63, 3.8) is 0 Å². The zero-order chi connectivity index (χ0) is 18.5. The van der Waals surface area contributed by atoms with Gasteiger partial charge >= 0.3 is 0 Å². The summed E-state index contributed by atoms with van der Waals surface area (Å²) in [5, 5.41) is 0. The Morgan fingerprint density at radius 1 is 1.04 bits per heavy atom. The summed E-state index contributed by atoms with van der Waals surface area (Å²) in [6.07, 6.45) is 1.59. The van der Waals surface area contributed by atoms with Crippen molar-refractivity contribution < 1.29 is 9.59 Å². The van der Waals surface area contributed by atoms with Crippen LogP contribution in [0.2, 0.25) is 0 Å². The Kier molecular flexibility index (Phi) is 5.71. The highest BCUT2D eigenvalue weighted by Gasteiger charge is 2.21. The van der Waals surface area contributed by atoms with E-state index in [1.54, 1.807) is 0 Å². The van der Waals surface area contributed by atoms with E-state index in [0.29, 0.717) is 25.1 Å². The van der Waals surface area contributed by atoms with Crippen molar-refractivity contribution in [2.75, 3.05) is 6.54 Å². The van der Waals surface area contributed by atoms with Crippen LogP contribution in [0, 0.1) is 0 Å². The van der Waals surface area contributed by atoms with Gasteiger partial charge in [0.25, 0.3) is 5.91 Å². The summed E-state index contributed by atoms with van der Waals surface area (Å²) in [6, 6.07) is 17.8. The second-order valence-corrected chi connectivity index (χ2v) is 7.13. The molecule has 1 heterocycles. The number of amides is 2. The average Bonchev–Trinajstić information content (AvgIpc) is 3.05. The molecule has 0 unspecified atom stereocenters. The van der Waals surface area contributed by atoms with Gasteiger partial charge in [0.05, 0.1) is 0 Å². The van der Waals surface area contributed by atoms with E-state index in [-0.39, 0.29) is 17.9 Å². The lowest BCUT2D eigenvalue weighted by Crippen LogP contribution is -2.36. The second-order valence-electron chi connectivity index (χ2n) is 7.13. The molecule has 2 aromatic carbocycles. The minimum Gasteiger partial charge on any atom is -0.338 e. The molecule has 2 aromatic rings. The third-order valence-corrected chi connectivity index (χ3v) is 4.83. The second kappa shape index (κ2) is 8.17. The number of benzene rings is 2. The summed E-state index contributed by atoms with van der Waals surface area (Å²) < 4.78 is 0. The molecule has 0 N–H and O–H groups in total. The van der Waals surface area contributed by atoms with Crippen LogP contribution in [0.1, 0.15) is 48.2 Å². The van der Waals surface area contributed by atoms with Crippen LogP contribution in [0.4, 0.5) is 0 Å². The molecule has 0 radical (unpaired) electrons. The highest BCUT2D eigenvalue weighted by Crippen LogP contribution is 2.17. The van der Waals surface area contributed by atoms with Crippen LogP contribution in [0.3, 0.4) is 0 Å². The van der Waals surface area contributed by atoms with Gasteiger partial charge in [-0.3, -0.25) is 9.59 Å². The summed E-state index contributed by atoms with van der Waals surface area (Å²) in [7, 11) is 0. The van der Waals surface area contributed by atoms with E-state index in [1.165, 1.54) is 0 Å².